The summed E-state index contributed by atoms with van der Waals surface area (Å²) < 4.78 is 5.71. The molecule has 0 aliphatic carbocycles. The van der Waals surface area contributed by atoms with E-state index in [4.69, 9.17) is 10.00 Å². The van der Waals surface area contributed by atoms with Gasteiger partial charge >= 0.3 is 0 Å². The average molecular weight is 349 g/mol. The van der Waals surface area contributed by atoms with Crippen LogP contribution in [0.15, 0.2) is 64.5 Å². The molecule has 1 aliphatic heterocycles. The highest BCUT2D eigenvalue weighted by Gasteiger charge is 2.23. The van der Waals surface area contributed by atoms with Gasteiger partial charge in [0.2, 0.25) is 6.19 Å². The Bertz CT molecular complexity index is 852. The molecule has 5 nitrogen and oxygen atoms in total. The molecule has 25 heavy (non-hydrogen) atoms. The van der Waals surface area contributed by atoms with Gasteiger partial charge in [0.15, 0.2) is 5.17 Å². The molecule has 6 heteroatoms. The third-order valence-electron chi connectivity index (χ3n) is 3.46. The molecule has 0 radical (unpaired) electrons. The third-order valence-corrected chi connectivity index (χ3v) is 4.37. The molecule has 0 saturated carbocycles. The SMILES string of the molecule is N#CN=C1NC(=O)C(=Cc2ccc(COCc3ccccc3)cc2)S1. The van der Waals surface area contributed by atoms with E-state index >= 15 is 0 Å². The second-order valence-electron chi connectivity index (χ2n) is 5.30. The number of nitrogens with one attached hydrogen (secondary N) is 1. The van der Waals surface area contributed by atoms with E-state index in [-0.39, 0.29) is 5.91 Å². The van der Waals surface area contributed by atoms with Crippen LogP contribution in [0, 0.1) is 11.5 Å². The van der Waals surface area contributed by atoms with Crippen molar-refractivity contribution >= 4 is 28.9 Å². The number of nitrogens with zero attached hydrogens (tertiary/aromatic N) is 2. The van der Waals surface area contributed by atoms with Crippen molar-refractivity contribution in [1.82, 2.24) is 5.32 Å². The van der Waals surface area contributed by atoms with Crippen LogP contribution in [0.2, 0.25) is 0 Å². The van der Waals surface area contributed by atoms with Gasteiger partial charge < -0.3 is 4.74 Å². The molecule has 1 N–H and O–H groups in total. The summed E-state index contributed by atoms with van der Waals surface area (Å²) in [5.41, 5.74) is 3.11. The monoisotopic (exact) mass is 349 g/mol. The standard InChI is InChI=1S/C19H15N3O2S/c20-13-21-19-22-18(23)17(25-19)10-14-6-8-16(9-7-14)12-24-11-15-4-2-1-3-5-15/h1-10H,11-12H2,(H,21,22,23). The maximum Gasteiger partial charge on any atom is 0.264 e. The summed E-state index contributed by atoms with van der Waals surface area (Å²) >= 11 is 1.16. The van der Waals surface area contributed by atoms with Crippen LogP contribution in [-0.2, 0) is 22.7 Å². The Kier molecular flexibility index (Phi) is 5.62. The van der Waals surface area contributed by atoms with E-state index in [9.17, 15) is 4.79 Å². The number of amides is 1. The normalized spacial score (nSPS) is 16.8. The van der Waals surface area contributed by atoms with E-state index in [1.54, 1.807) is 12.3 Å². The van der Waals surface area contributed by atoms with Gasteiger partial charge in [-0.15, -0.1) is 4.99 Å². The highest BCUT2D eigenvalue weighted by atomic mass is 32.2. The van der Waals surface area contributed by atoms with E-state index in [1.165, 1.54) is 0 Å². The van der Waals surface area contributed by atoms with E-state index < -0.39 is 0 Å². The molecule has 0 spiro atoms. The summed E-state index contributed by atoms with van der Waals surface area (Å²) in [7, 11) is 0. The molecule has 1 amide bonds. The van der Waals surface area contributed by atoms with Crippen LogP contribution in [0.25, 0.3) is 6.08 Å². The van der Waals surface area contributed by atoms with Crippen LogP contribution in [0.4, 0.5) is 0 Å². The largest absolute Gasteiger partial charge is 0.372 e. The summed E-state index contributed by atoms with van der Waals surface area (Å²) in [6.07, 6.45) is 3.44. The first-order chi connectivity index (χ1) is 12.2. The quantitative estimate of drug-likeness (QED) is 0.663. The molecule has 1 heterocycles. The van der Waals surface area contributed by atoms with Crippen molar-refractivity contribution in [3.05, 3.63) is 76.2 Å². The zero-order valence-corrected chi connectivity index (χ0v) is 14.1. The number of rotatable bonds is 5. The number of amidine groups is 1. The Morgan fingerprint density at radius 3 is 2.44 bits per heavy atom. The number of carbonyl (C=O) groups is 1. The highest BCUT2D eigenvalue weighted by molar-refractivity contribution is 8.18. The predicted molar refractivity (Wildman–Crippen MR) is 98.1 cm³/mol. The number of thioether (sulfide) groups is 1. The first-order valence-electron chi connectivity index (χ1n) is 7.63. The van der Waals surface area contributed by atoms with Crippen molar-refractivity contribution in [2.75, 3.05) is 0 Å². The smallest absolute Gasteiger partial charge is 0.264 e. The minimum Gasteiger partial charge on any atom is -0.372 e. The summed E-state index contributed by atoms with van der Waals surface area (Å²) in [4.78, 5) is 15.8. The van der Waals surface area contributed by atoms with Crippen molar-refractivity contribution in [2.45, 2.75) is 13.2 Å². The lowest BCUT2D eigenvalue weighted by molar-refractivity contribution is -0.115. The Balaban J connectivity index is 1.57. The molecule has 1 saturated heterocycles. The zero-order valence-electron chi connectivity index (χ0n) is 13.3. The Labute approximate surface area is 150 Å². The maximum atomic E-state index is 11.8. The van der Waals surface area contributed by atoms with Gasteiger partial charge in [-0.1, -0.05) is 54.6 Å². The fourth-order valence-electron chi connectivity index (χ4n) is 2.25. The van der Waals surface area contributed by atoms with Crippen molar-refractivity contribution < 1.29 is 9.53 Å². The number of hydrogen-bond donors (Lipinski definition) is 1. The summed E-state index contributed by atoms with van der Waals surface area (Å²) in [5, 5.41) is 11.4. The fraction of sp³-hybridized carbons (Fsp3) is 0.105. The lowest BCUT2D eigenvalue weighted by Gasteiger charge is -2.05. The first kappa shape index (κ1) is 17.0. The molecule has 3 rings (SSSR count). The molecular weight excluding hydrogens is 334 g/mol. The van der Waals surface area contributed by atoms with E-state index in [2.05, 4.69) is 10.3 Å². The van der Waals surface area contributed by atoms with Crippen molar-refractivity contribution in [1.29, 1.82) is 5.26 Å². The van der Waals surface area contributed by atoms with Gasteiger partial charge in [-0.3, -0.25) is 10.1 Å². The fourth-order valence-corrected chi connectivity index (χ4v) is 3.03. The van der Waals surface area contributed by atoms with Crippen LogP contribution in [0.3, 0.4) is 0 Å². The minimum atomic E-state index is -0.241. The Morgan fingerprint density at radius 2 is 1.76 bits per heavy atom. The highest BCUT2D eigenvalue weighted by Crippen LogP contribution is 2.25. The van der Waals surface area contributed by atoms with Gasteiger partial charge in [0.25, 0.3) is 5.91 Å². The summed E-state index contributed by atoms with van der Waals surface area (Å²) in [5.74, 6) is -0.241. The number of ether oxygens (including phenoxy) is 1. The average Bonchev–Trinajstić information content (AvgIpc) is 2.97. The number of aliphatic imine (C=N–C) groups is 1. The van der Waals surface area contributed by atoms with Crippen molar-refractivity contribution in [3.8, 4) is 6.19 Å². The maximum absolute atomic E-state index is 11.8. The Hall–Kier alpha value is -2.88. The van der Waals surface area contributed by atoms with Gasteiger partial charge in [-0.25, -0.2) is 0 Å². The molecule has 2 aromatic rings. The van der Waals surface area contributed by atoms with Gasteiger partial charge in [0, 0.05) is 0 Å². The number of benzene rings is 2. The third kappa shape index (κ3) is 4.80. The van der Waals surface area contributed by atoms with Crippen molar-refractivity contribution in [2.24, 2.45) is 4.99 Å². The second-order valence-corrected chi connectivity index (χ2v) is 6.33. The van der Waals surface area contributed by atoms with Crippen molar-refractivity contribution in [3.63, 3.8) is 0 Å². The second kappa shape index (κ2) is 8.29. The molecule has 2 aromatic carbocycles. The zero-order chi connectivity index (χ0) is 17.5. The minimum absolute atomic E-state index is 0.241. The van der Waals surface area contributed by atoms with Crippen LogP contribution >= 0.6 is 11.8 Å². The van der Waals surface area contributed by atoms with Crippen LogP contribution < -0.4 is 5.32 Å². The topological polar surface area (TPSA) is 74.5 Å². The van der Waals surface area contributed by atoms with Crippen LogP contribution in [-0.4, -0.2) is 11.1 Å². The van der Waals surface area contributed by atoms with Crippen LogP contribution in [0.5, 0.6) is 0 Å². The summed E-state index contributed by atoms with van der Waals surface area (Å²) in [6.45, 7) is 1.10. The molecule has 1 aliphatic rings. The van der Waals surface area contributed by atoms with Gasteiger partial charge in [0.1, 0.15) is 0 Å². The van der Waals surface area contributed by atoms with Crippen LogP contribution in [0.1, 0.15) is 16.7 Å². The molecule has 0 atom stereocenters. The van der Waals surface area contributed by atoms with Gasteiger partial charge in [0.05, 0.1) is 18.1 Å². The Morgan fingerprint density at radius 1 is 1.08 bits per heavy atom. The van der Waals surface area contributed by atoms with E-state index in [0.717, 1.165) is 28.5 Å². The van der Waals surface area contributed by atoms with E-state index in [1.807, 2.05) is 54.6 Å². The number of nitriles is 1. The molecule has 0 bridgehead atoms. The molecular formula is C19H15N3O2S. The first-order valence-corrected chi connectivity index (χ1v) is 8.44. The number of carbonyl (C=O) groups excluding carboxylic acids is 1. The lowest BCUT2D eigenvalue weighted by atomic mass is 10.1. The molecule has 0 unspecified atom stereocenters. The van der Waals surface area contributed by atoms with E-state index in [0.29, 0.717) is 23.3 Å². The summed E-state index contributed by atoms with van der Waals surface area (Å²) in [6, 6.07) is 17.8. The lowest BCUT2D eigenvalue weighted by Crippen LogP contribution is -2.19. The molecule has 124 valence electrons. The number of hydrogen-bond acceptors (Lipinski definition) is 5. The predicted octanol–water partition coefficient (Wildman–Crippen LogP) is 3.44. The molecule has 0 aromatic heterocycles. The molecule has 1 fully saturated rings. The van der Waals surface area contributed by atoms with Gasteiger partial charge in [-0.05, 0) is 34.5 Å². The van der Waals surface area contributed by atoms with Gasteiger partial charge in [-0.2, -0.15) is 5.26 Å².